The maximum absolute atomic E-state index is 11.8. The summed E-state index contributed by atoms with van der Waals surface area (Å²) in [7, 11) is 0. The molecule has 2 N–H and O–H groups in total. The van der Waals surface area contributed by atoms with Gasteiger partial charge in [-0.15, -0.1) is 11.3 Å². The van der Waals surface area contributed by atoms with Crippen molar-refractivity contribution in [1.82, 2.24) is 15.6 Å². The molecule has 1 aromatic carbocycles. The molecule has 2 aromatic rings. The molecule has 19 heavy (non-hydrogen) atoms. The van der Waals surface area contributed by atoms with Crippen molar-refractivity contribution in [2.45, 2.75) is 26.4 Å². The van der Waals surface area contributed by atoms with E-state index in [0.29, 0.717) is 6.54 Å². The van der Waals surface area contributed by atoms with Gasteiger partial charge in [-0.1, -0.05) is 30.3 Å². The summed E-state index contributed by atoms with van der Waals surface area (Å²) in [5.41, 5.74) is 1.98. The molecule has 0 aliphatic carbocycles. The van der Waals surface area contributed by atoms with Crippen LogP contribution in [0.25, 0.3) is 0 Å². The van der Waals surface area contributed by atoms with Crippen LogP contribution in [0.5, 0.6) is 0 Å². The molecule has 0 saturated heterocycles. The lowest BCUT2D eigenvalue weighted by atomic mass is 10.1. The number of rotatable bonds is 4. The van der Waals surface area contributed by atoms with Crippen LogP contribution in [0.15, 0.2) is 35.7 Å². The van der Waals surface area contributed by atoms with Gasteiger partial charge in [-0.2, -0.15) is 0 Å². The Kier molecular flexibility index (Phi) is 4.52. The third kappa shape index (κ3) is 4.06. The maximum atomic E-state index is 11.8. The molecule has 1 heterocycles. The number of nitrogens with zero attached hydrogens (tertiary/aromatic N) is 1. The number of nitrogens with one attached hydrogen (secondary N) is 2. The van der Waals surface area contributed by atoms with Gasteiger partial charge in [0, 0.05) is 5.38 Å². The number of carbonyl (C=O) groups excluding carboxylic acids is 1. The largest absolute Gasteiger partial charge is 0.332 e. The van der Waals surface area contributed by atoms with Crippen molar-refractivity contribution in [2.75, 3.05) is 0 Å². The van der Waals surface area contributed by atoms with E-state index in [1.54, 1.807) is 11.3 Å². The number of benzene rings is 1. The van der Waals surface area contributed by atoms with Gasteiger partial charge in [-0.25, -0.2) is 9.78 Å². The molecule has 0 fully saturated rings. The van der Waals surface area contributed by atoms with Gasteiger partial charge in [0.1, 0.15) is 0 Å². The zero-order valence-electron chi connectivity index (χ0n) is 11.0. The fraction of sp³-hybridized carbons (Fsp3) is 0.286. The molecule has 0 bridgehead atoms. The lowest BCUT2D eigenvalue weighted by molar-refractivity contribution is 0.237. The molecule has 5 heteroatoms. The number of hydrogen-bond donors (Lipinski definition) is 2. The highest BCUT2D eigenvalue weighted by atomic mass is 32.1. The van der Waals surface area contributed by atoms with E-state index in [1.807, 2.05) is 49.6 Å². The molecule has 0 spiro atoms. The van der Waals surface area contributed by atoms with Crippen molar-refractivity contribution >= 4 is 17.4 Å². The van der Waals surface area contributed by atoms with Crippen molar-refractivity contribution in [1.29, 1.82) is 0 Å². The van der Waals surface area contributed by atoms with Gasteiger partial charge in [0.2, 0.25) is 0 Å². The van der Waals surface area contributed by atoms with Crippen LogP contribution in [0.3, 0.4) is 0 Å². The number of amides is 2. The van der Waals surface area contributed by atoms with Crippen LogP contribution in [-0.2, 0) is 6.54 Å². The van der Waals surface area contributed by atoms with Crippen LogP contribution in [0.2, 0.25) is 0 Å². The molecular weight excluding hydrogens is 258 g/mol. The first-order chi connectivity index (χ1) is 9.15. The number of hydrogen-bond acceptors (Lipinski definition) is 3. The van der Waals surface area contributed by atoms with Gasteiger partial charge in [-0.3, -0.25) is 0 Å². The van der Waals surface area contributed by atoms with E-state index in [0.717, 1.165) is 16.3 Å². The molecule has 1 unspecified atom stereocenters. The fourth-order valence-electron chi connectivity index (χ4n) is 1.73. The summed E-state index contributed by atoms with van der Waals surface area (Å²) < 4.78 is 0. The summed E-state index contributed by atoms with van der Waals surface area (Å²) >= 11 is 1.58. The predicted molar refractivity (Wildman–Crippen MR) is 77.1 cm³/mol. The van der Waals surface area contributed by atoms with E-state index in [1.165, 1.54) is 0 Å². The van der Waals surface area contributed by atoms with Crippen LogP contribution >= 0.6 is 11.3 Å². The van der Waals surface area contributed by atoms with Crippen LogP contribution in [-0.4, -0.2) is 11.0 Å². The molecular formula is C14H17N3OS. The Hall–Kier alpha value is -1.88. The lowest BCUT2D eigenvalue weighted by Gasteiger charge is -2.14. The molecule has 0 saturated carbocycles. The van der Waals surface area contributed by atoms with Crippen LogP contribution < -0.4 is 10.6 Å². The van der Waals surface area contributed by atoms with E-state index in [-0.39, 0.29) is 12.1 Å². The SMILES string of the molecule is Cc1nc(CNC(=O)NC(C)c2ccccc2)cs1. The normalized spacial score (nSPS) is 11.9. The monoisotopic (exact) mass is 275 g/mol. The smallest absolute Gasteiger partial charge is 0.315 e. The maximum Gasteiger partial charge on any atom is 0.315 e. The second-order valence-electron chi connectivity index (χ2n) is 4.32. The minimum atomic E-state index is -0.179. The first kappa shape index (κ1) is 13.5. The molecule has 2 amide bonds. The Balaban J connectivity index is 1.81. The zero-order chi connectivity index (χ0) is 13.7. The minimum absolute atomic E-state index is 0.0154. The summed E-state index contributed by atoms with van der Waals surface area (Å²) in [5.74, 6) is 0. The Morgan fingerprint density at radius 2 is 2.11 bits per heavy atom. The highest BCUT2D eigenvalue weighted by Crippen LogP contribution is 2.11. The molecule has 100 valence electrons. The average molecular weight is 275 g/mol. The second-order valence-corrected chi connectivity index (χ2v) is 5.38. The summed E-state index contributed by atoms with van der Waals surface area (Å²) in [5, 5.41) is 8.67. The molecule has 1 atom stereocenters. The van der Waals surface area contributed by atoms with Gasteiger partial charge in [-0.05, 0) is 19.4 Å². The standard InChI is InChI=1S/C14H17N3OS/c1-10(12-6-4-3-5-7-12)16-14(18)15-8-13-9-19-11(2)17-13/h3-7,9-10H,8H2,1-2H3,(H2,15,16,18). The van der Waals surface area contributed by atoms with E-state index in [2.05, 4.69) is 15.6 Å². The Bertz CT molecular complexity index is 539. The first-order valence-corrected chi connectivity index (χ1v) is 7.03. The summed E-state index contributed by atoms with van der Waals surface area (Å²) in [6.07, 6.45) is 0. The molecule has 0 aliphatic rings. The number of aryl methyl sites for hydroxylation is 1. The third-order valence-electron chi connectivity index (χ3n) is 2.74. The highest BCUT2D eigenvalue weighted by Gasteiger charge is 2.08. The van der Waals surface area contributed by atoms with Crippen LogP contribution in [0.4, 0.5) is 4.79 Å². The summed E-state index contributed by atoms with van der Waals surface area (Å²) in [6, 6.07) is 9.68. The quantitative estimate of drug-likeness (QED) is 0.901. The molecule has 0 radical (unpaired) electrons. The van der Waals surface area contributed by atoms with Crippen LogP contribution in [0, 0.1) is 6.92 Å². The average Bonchev–Trinajstić information content (AvgIpc) is 2.83. The van der Waals surface area contributed by atoms with Crippen molar-refractivity contribution < 1.29 is 4.79 Å². The van der Waals surface area contributed by atoms with E-state index < -0.39 is 0 Å². The van der Waals surface area contributed by atoms with Gasteiger partial charge < -0.3 is 10.6 Å². The van der Waals surface area contributed by atoms with Gasteiger partial charge in [0.05, 0.1) is 23.3 Å². The van der Waals surface area contributed by atoms with Crippen molar-refractivity contribution in [3.05, 3.63) is 52.0 Å². The van der Waals surface area contributed by atoms with Gasteiger partial charge in [0.15, 0.2) is 0 Å². The number of carbonyl (C=O) groups is 1. The van der Waals surface area contributed by atoms with Crippen molar-refractivity contribution in [2.24, 2.45) is 0 Å². The van der Waals surface area contributed by atoms with Crippen molar-refractivity contribution in [3.63, 3.8) is 0 Å². The summed E-state index contributed by atoms with van der Waals surface area (Å²) in [6.45, 7) is 4.37. The number of thiazole rings is 1. The van der Waals surface area contributed by atoms with Crippen LogP contribution in [0.1, 0.15) is 29.2 Å². The summed E-state index contributed by atoms with van der Waals surface area (Å²) in [4.78, 5) is 16.1. The predicted octanol–water partition coefficient (Wildman–Crippen LogP) is 3.01. The molecule has 0 aliphatic heterocycles. The Morgan fingerprint density at radius 1 is 1.37 bits per heavy atom. The van der Waals surface area contributed by atoms with E-state index >= 15 is 0 Å². The third-order valence-corrected chi connectivity index (χ3v) is 3.57. The Morgan fingerprint density at radius 3 is 2.74 bits per heavy atom. The lowest BCUT2D eigenvalue weighted by Crippen LogP contribution is -2.36. The molecule has 4 nitrogen and oxygen atoms in total. The zero-order valence-corrected chi connectivity index (χ0v) is 11.8. The number of urea groups is 1. The Labute approximate surface area is 116 Å². The van der Waals surface area contributed by atoms with Gasteiger partial charge >= 0.3 is 6.03 Å². The first-order valence-electron chi connectivity index (χ1n) is 6.15. The van der Waals surface area contributed by atoms with Gasteiger partial charge in [0.25, 0.3) is 0 Å². The minimum Gasteiger partial charge on any atom is -0.332 e. The van der Waals surface area contributed by atoms with E-state index in [9.17, 15) is 4.79 Å². The molecule has 1 aromatic heterocycles. The topological polar surface area (TPSA) is 54.0 Å². The van der Waals surface area contributed by atoms with E-state index in [4.69, 9.17) is 0 Å². The molecule has 2 rings (SSSR count). The van der Waals surface area contributed by atoms with Crippen molar-refractivity contribution in [3.8, 4) is 0 Å². The highest BCUT2D eigenvalue weighted by molar-refractivity contribution is 7.09. The fourth-order valence-corrected chi connectivity index (χ4v) is 2.35. The second kappa shape index (κ2) is 6.33. The number of aromatic nitrogens is 1.